The van der Waals surface area contributed by atoms with Gasteiger partial charge in [0.1, 0.15) is 0 Å². The summed E-state index contributed by atoms with van der Waals surface area (Å²) < 4.78 is 31.1. The zero-order valence-corrected chi connectivity index (χ0v) is 9.63. The maximum absolute atomic E-state index is 13.1. The lowest BCUT2D eigenvalue weighted by molar-refractivity contribution is 0.503. The van der Waals surface area contributed by atoms with Gasteiger partial charge in [0.15, 0.2) is 11.6 Å². The zero-order chi connectivity index (χ0) is 12.7. The Morgan fingerprint density at radius 3 is 2.72 bits per heavy atom. The van der Waals surface area contributed by atoms with E-state index in [1.165, 1.54) is 11.3 Å². The number of nitrogens with zero attached hydrogens (tertiary/aromatic N) is 1. The van der Waals surface area contributed by atoms with Gasteiger partial charge in [0.05, 0.1) is 15.8 Å². The first-order valence-corrected chi connectivity index (χ1v) is 5.87. The molecule has 0 atom stereocenters. The second-order valence-corrected chi connectivity index (χ2v) is 4.51. The minimum atomic E-state index is -1.10. The van der Waals surface area contributed by atoms with Gasteiger partial charge >= 0.3 is 5.63 Å². The average Bonchev–Trinajstić information content (AvgIpc) is 2.85. The molecule has 0 aliphatic rings. The molecule has 0 aliphatic heterocycles. The minimum absolute atomic E-state index is 0.0748. The highest BCUT2D eigenvalue weighted by Crippen LogP contribution is 2.23. The van der Waals surface area contributed by atoms with Gasteiger partial charge in [-0.05, 0) is 17.5 Å². The van der Waals surface area contributed by atoms with Crippen LogP contribution in [-0.2, 0) is 0 Å². The fourth-order valence-electron chi connectivity index (χ4n) is 1.57. The van der Waals surface area contributed by atoms with Gasteiger partial charge in [0.25, 0.3) is 0 Å². The van der Waals surface area contributed by atoms with E-state index in [0.717, 1.165) is 12.1 Å². The van der Waals surface area contributed by atoms with E-state index < -0.39 is 17.3 Å². The molecule has 18 heavy (non-hydrogen) atoms. The second-order valence-electron chi connectivity index (χ2n) is 3.57. The van der Waals surface area contributed by atoms with Crippen LogP contribution in [0.25, 0.3) is 21.7 Å². The summed E-state index contributed by atoms with van der Waals surface area (Å²) in [5.74, 6) is -2.04. The SMILES string of the molecule is O=c1oc(-c2cccs2)nc2cc(F)c(F)cc12. The Balaban J connectivity index is 2.34. The van der Waals surface area contributed by atoms with Gasteiger partial charge in [0, 0.05) is 6.07 Å². The molecule has 0 aliphatic carbocycles. The molecule has 0 bridgehead atoms. The van der Waals surface area contributed by atoms with E-state index in [9.17, 15) is 13.6 Å². The first kappa shape index (κ1) is 11.0. The largest absolute Gasteiger partial charge is 0.402 e. The number of benzene rings is 1. The van der Waals surface area contributed by atoms with E-state index >= 15 is 0 Å². The number of halogens is 2. The molecule has 3 rings (SSSR count). The maximum atomic E-state index is 13.1. The maximum Gasteiger partial charge on any atom is 0.347 e. The molecular weight excluding hydrogens is 260 g/mol. The van der Waals surface area contributed by atoms with Gasteiger partial charge in [-0.2, -0.15) is 0 Å². The van der Waals surface area contributed by atoms with Crippen LogP contribution in [0.2, 0.25) is 0 Å². The molecule has 0 spiro atoms. The summed E-state index contributed by atoms with van der Waals surface area (Å²) in [4.78, 5) is 16.3. The summed E-state index contributed by atoms with van der Waals surface area (Å²) in [7, 11) is 0. The van der Waals surface area contributed by atoms with E-state index in [0.29, 0.717) is 4.88 Å². The molecule has 0 unspecified atom stereocenters. The van der Waals surface area contributed by atoms with Crippen LogP contribution in [0.3, 0.4) is 0 Å². The van der Waals surface area contributed by atoms with Crippen molar-refractivity contribution in [2.75, 3.05) is 0 Å². The number of thiophene rings is 1. The molecule has 2 aromatic heterocycles. The van der Waals surface area contributed by atoms with Crippen LogP contribution in [0.15, 0.2) is 38.9 Å². The van der Waals surface area contributed by atoms with Crippen molar-refractivity contribution in [1.29, 1.82) is 0 Å². The molecule has 0 radical (unpaired) electrons. The Morgan fingerprint density at radius 2 is 2.00 bits per heavy atom. The molecular formula is C12H5F2NO2S. The van der Waals surface area contributed by atoms with E-state index in [-0.39, 0.29) is 16.8 Å². The Labute approximate surface area is 103 Å². The number of aromatic nitrogens is 1. The molecule has 0 N–H and O–H groups in total. The number of rotatable bonds is 1. The lowest BCUT2D eigenvalue weighted by Crippen LogP contribution is -2.04. The summed E-state index contributed by atoms with van der Waals surface area (Å²) in [6.07, 6.45) is 0. The molecule has 3 nitrogen and oxygen atoms in total. The highest BCUT2D eigenvalue weighted by molar-refractivity contribution is 7.13. The Morgan fingerprint density at radius 1 is 1.22 bits per heavy atom. The molecule has 0 fully saturated rings. The van der Waals surface area contributed by atoms with Crippen molar-refractivity contribution in [3.63, 3.8) is 0 Å². The quantitative estimate of drug-likeness (QED) is 0.678. The summed E-state index contributed by atoms with van der Waals surface area (Å²) in [5, 5.41) is 1.72. The van der Waals surface area contributed by atoms with Gasteiger partial charge in [0.2, 0.25) is 5.89 Å². The fourth-order valence-corrected chi connectivity index (χ4v) is 2.22. The van der Waals surface area contributed by atoms with Crippen LogP contribution in [0.4, 0.5) is 8.78 Å². The summed E-state index contributed by atoms with van der Waals surface area (Å²) >= 11 is 1.34. The molecule has 6 heteroatoms. The summed E-state index contributed by atoms with van der Waals surface area (Å²) in [5.41, 5.74) is -0.657. The third-order valence-corrected chi connectivity index (χ3v) is 3.26. The van der Waals surface area contributed by atoms with Gasteiger partial charge in [-0.3, -0.25) is 0 Å². The van der Waals surface area contributed by atoms with Gasteiger partial charge in [-0.15, -0.1) is 11.3 Å². The van der Waals surface area contributed by atoms with Crippen LogP contribution >= 0.6 is 11.3 Å². The van der Waals surface area contributed by atoms with Crippen LogP contribution in [0.1, 0.15) is 0 Å². The number of fused-ring (bicyclic) bond motifs is 1. The molecule has 1 aromatic carbocycles. The van der Waals surface area contributed by atoms with E-state index in [4.69, 9.17) is 4.42 Å². The van der Waals surface area contributed by atoms with Crippen LogP contribution in [-0.4, -0.2) is 4.98 Å². The highest BCUT2D eigenvalue weighted by Gasteiger charge is 2.12. The van der Waals surface area contributed by atoms with Crippen LogP contribution in [0, 0.1) is 11.6 Å². The Kier molecular flexibility index (Phi) is 2.45. The highest BCUT2D eigenvalue weighted by atomic mass is 32.1. The normalized spacial score (nSPS) is 11.0. The van der Waals surface area contributed by atoms with Crippen molar-refractivity contribution in [2.24, 2.45) is 0 Å². The van der Waals surface area contributed by atoms with Gasteiger partial charge < -0.3 is 4.42 Å². The van der Waals surface area contributed by atoms with Crippen molar-refractivity contribution in [1.82, 2.24) is 4.98 Å². The Bertz CT molecular complexity index is 781. The minimum Gasteiger partial charge on any atom is -0.402 e. The van der Waals surface area contributed by atoms with Crippen molar-refractivity contribution >= 4 is 22.2 Å². The summed E-state index contributed by atoms with van der Waals surface area (Å²) in [6.45, 7) is 0. The van der Waals surface area contributed by atoms with Gasteiger partial charge in [-0.25, -0.2) is 18.6 Å². The molecule has 0 saturated carbocycles. The smallest absolute Gasteiger partial charge is 0.347 e. The topological polar surface area (TPSA) is 43.1 Å². The van der Waals surface area contributed by atoms with Crippen molar-refractivity contribution < 1.29 is 13.2 Å². The van der Waals surface area contributed by atoms with Crippen LogP contribution < -0.4 is 5.63 Å². The standard InChI is InChI=1S/C12H5F2NO2S/c13-7-4-6-9(5-8(7)14)15-11(17-12(6)16)10-2-1-3-18-10/h1-5H. The van der Waals surface area contributed by atoms with Crippen LogP contribution in [0.5, 0.6) is 0 Å². The summed E-state index contributed by atoms with van der Waals surface area (Å²) in [6, 6.07) is 5.18. The zero-order valence-electron chi connectivity index (χ0n) is 8.81. The predicted molar refractivity (Wildman–Crippen MR) is 63.5 cm³/mol. The van der Waals surface area contributed by atoms with E-state index in [1.54, 1.807) is 17.5 Å². The predicted octanol–water partition coefficient (Wildman–Crippen LogP) is 3.19. The van der Waals surface area contributed by atoms with E-state index in [1.807, 2.05) is 0 Å². The lowest BCUT2D eigenvalue weighted by Gasteiger charge is -2.00. The molecule has 2 heterocycles. The van der Waals surface area contributed by atoms with Gasteiger partial charge in [-0.1, -0.05) is 6.07 Å². The molecule has 90 valence electrons. The molecule has 0 amide bonds. The lowest BCUT2D eigenvalue weighted by atomic mass is 10.2. The fraction of sp³-hybridized carbons (Fsp3) is 0. The van der Waals surface area contributed by atoms with Crippen molar-refractivity contribution in [2.45, 2.75) is 0 Å². The molecule has 3 aromatic rings. The number of hydrogen-bond acceptors (Lipinski definition) is 4. The van der Waals surface area contributed by atoms with Crippen molar-refractivity contribution in [3.05, 3.63) is 51.7 Å². The number of hydrogen-bond donors (Lipinski definition) is 0. The molecule has 0 saturated heterocycles. The first-order chi connectivity index (χ1) is 8.65. The average molecular weight is 265 g/mol. The first-order valence-electron chi connectivity index (χ1n) is 4.99. The van der Waals surface area contributed by atoms with E-state index in [2.05, 4.69) is 4.98 Å². The Hall–Kier alpha value is -2.08. The van der Waals surface area contributed by atoms with Crippen molar-refractivity contribution in [3.8, 4) is 10.8 Å². The monoisotopic (exact) mass is 265 g/mol. The third-order valence-electron chi connectivity index (χ3n) is 2.40. The second kappa shape index (κ2) is 3.99. The third kappa shape index (κ3) is 1.70.